The van der Waals surface area contributed by atoms with Gasteiger partial charge in [0.2, 0.25) is 5.91 Å². The molecule has 0 radical (unpaired) electrons. The van der Waals surface area contributed by atoms with Gasteiger partial charge in [0.15, 0.2) is 0 Å². The Bertz CT molecular complexity index is 281. The van der Waals surface area contributed by atoms with Crippen LogP contribution >= 0.6 is 0 Å². The summed E-state index contributed by atoms with van der Waals surface area (Å²) in [5, 5.41) is 5.78. The van der Waals surface area contributed by atoms with Crippen molar-refractivity contribution in [1.82, 2.24) is 10.6 Å². The van der Waals surface area contributed by atoms with Crippen LogP contribution in [0.5, 0.6) is 0 Å². The predicted octanol–water partition coefficient (Wildman–Crippen LogP) is -0.0277. The van der Waals surface area contributed by atoms with E-state index in [-0.39, 0.29) is 5.91 Å². The summed E-state index contributed by atoms with van der Waals surface area (Å²) >= 11 is 0. The molecule has 0 saturated heterocycles. The van der Waals surface area contributed by atoms with Crippen molar-refractivity contribution in [3.63, 3.8) is 0 Å². The van der Waals surface area contributed by atoms with Crippen molar-refractivity contribution in [1.29, 1.82) is 0 Å². The maximum absolute atomic E-state index is 11.4. The molecule has 1 atom stereocenters. The Kier molecular flexibility index (Phi) is 4.98. The fourth-order valence-corrected chi connectivity index (χ4v) is 1.65. The highest BCUT2D eigenvalue weighted by atomic mass is 16.5. The second kappa shape index (κ2) is 6.27. The van der Waals surface area contributed by atoms with Gasteiger partial charge in [0, 0.05) is 19.5 Å². The van der Waals surface area contributed by atoms with Gasteiger partial charge in [0.25, 0.3) is 0 Å². The fraction of sp³-hybridized carbons (Fsp3) is 0.636. The van der Waals surface area contributed by atoms with E-state index < -0.39 is 12.0 Å². The number of esters is 1. The number of carbonyl (C=O) groups excluding carboxylic acids is 2. The van der Waals surface area contributed by atoms with E-state index >= 15 is 0 Å². The molecule has 1 amide bonds. The first-order chi connectivity index (χ1) is 7.63. The Balaban J connectivity index is 2.36. The normalized spacial score (nSPS) is 17.1. The molecular weight excluding hydrogens is 208 g/mol. The number of ether oxygens (including phenoxy) is 1. The molecule has 1 rings (SSSR count). The molecule has 0 heterocycles. The summed E-state index contributed by atoms with van der Waals surface area (Å²) in [6, 6.07) is -0.246. The Morgan fingerprint density at radius 1 is 1.44 bits per heavy atom. The van der Waals surface area contributed by atoms with E-state index in [1.54, 1.807) is 0 Å². The zero-order valence-corrected chi connectivity index (χ0v) is 9.66. The van der Waals surface area contributed by atoms with E-state index in [1.807, 2.05) is 0 Å². The van der Waals surface area contributed by atoms with Crippen LogP contribution in [0.25, 0.3) is 0 Å². The molecular formula is C11H18N2O3. The van der Waals surface area contributed by atoms with E-state index in [0.717, 1.165) is 12.8 Å². The second-order valence-corrected chi connectivity index (χ2v) is 3.82. The Morgan fingerprint density at radius 3 is 2.56 bits per heavy atom. The highest BCUT2D eigenvalue weighted by Gasteiger charge is 2.21. The molecule has 0 fully saturated rings. The minimum absolute atomic E-state index is 0.234. The first-order valence-electron chi connectivity index (χ1n) is 5.36. The van der Waals surface area contributed by atoms with Crippen molar-refractivity contribution < 1.29 is 14.3 Å². The lowest BCUT2D eigenvalue weighted by atomic mass is 10.2. The molecule has 1 aliphatic carbocycles. The summed E-state index contributed by atoms with van der Waals surface area (Å²) in [7, 11) is 1.31. The number of hydrogen-bond donors (Lipinski definition) is 2. The minimum Gasteiger partial charge on any atom is -0.467 e. The van der Waals surface area contributed by atoms with Crippen molar-refractivity contribution in [3.05, 3.63) is 12.2 Å². The quantitative estimate of drug-likeness (QED) is 0.510. The Morgan fingerprint density at radius 2 is 2.06 bits per heavy atom. The third-order valence-electron chi connectivity index (χ3n) is 2.48. The van der Waals surface area contributed by atoms with Gasteiger partial charge in [-0.25, -0.2) is 4.79 Å². The van der Waals surface area contributed by atoms with Gasteiger partial charge < -0.3 is 15.4 Å². The minimum atomic E-state index is -0.608. The zero-order chi connectivity index (χ0) is 12.0. The molecule has 16 heavy (non-hydrogen) atoms. The lowest BCUT2D eigenvalue weighted by Crippen LogP contribution is -2.48. The highest BCUT2D eigenvalue weighted by molar-refractivity contribution is 5.83. The molecule has 0 aromatic heterocycles. The van der Waals surface area contributed by atoms with E-state index in [4.69, 9.17) is 0 Å². The highest BCUT2D eigenvalue weighted by Crippen LogP contribution is 2.08. The molecule has 2 N–H and O–H groups in total. The number of hydrogen-bond acceptors (Lipinski definition) is 4. The summed E-state index contributed by atoms with van der Waals surface area (Å²) in [4.78, 5) is 22.3. The third-order valence-corrected chi connectivity index (χ3v) is 2.48. The van der Waals surface area contributed by atoms with Crippen LogP contribution in [-0.2, 0) is 14.3 Å². The number of nitrogens with one attached hydrogen (secondary N) is 2. The maximum atomic E-state index is 11.4. The maximum Gasteiger partial charge on any atom is 0.329 e. The Hall–Kier alpha value is -1.36. The topological polar surface area (TPSA) is 67.4 Å². The number of rotatable bonds is 5. The smallest absolute Gasteiger partial charge is 0.329 e. The molecule has 0 saturated carbocycles. The lowest BCUT2D eigenvalue weighted by Gasteiger charge is -2.19. The van der Waals surface area contributed by atoms with E-state index in [9.17, 15) is 9.59 Å². The van der Waals surface area contributed by atoms with Crippen LogP contribution in [0.1, 0.15) is 19.8 Å². The van der Waals surface area contributed by atoms with Gasteiger partial charge in [-0.15, -0.1) is 0 Å². The summed E-state index contributed by atoms with van der Waals surface area (Å²) < 4.78 is 4.62. The van der Waals surface area contributed by atoms with Crippen molar-refractivity contribution in [2.24, 2.45) is 0 Å². The van der Waals surface area contributed by atoms with Crippen molar-refractivity contribution in [2.75, 3.05) is 13.7 Å². The first kappa shape index (κ1) is 12.7. The summed E-state index contributed by atoms with van der Waals surface area (Å²) in [5.41, 5.74) is 0. The molecule has 0 spiro atoms. The SMILES string of the molecule is COC(=O)C(CNC1CC=CC1)NC(C)=O. The molecule has 5 nitrogen and oxygen atoms in total. The van der Waals surface area contributed by atoms with Crippen LogP contribution in [-0.4, -0.2) is 37.6 Å². The van der Waals surface area contributed by atoms with Gasteiger partial charge in [0.05, 0.1) is 7.11 Å². The number of carbonyl (C=O) groups is 2. The molecule has 0 aliphatic heterocycles. The molecule has 5 heteroatoms. The third kappa shape index (κ3) is 4.02. The van der Waals surface area contributed by atoms with Crippen molar-refractivity contribution in [3.8, 4) is 0 Å². The van der Waals surface area contributed by atoms with Gasteiger partial charge in [-0.05, 0) is 12.8 Å². The van der Waals surface area contributed by atoms with Crippen molar-refractivity contribution in [2.45, 2.75) is 31.8 Å². The van der Waals surface area contributed by atoms with Crippen LogP contribution in [0.3, 0.4) is 0 Å². The standard InChI is InChI=1S/C11H18N2O3/c1-8(14)13-10(11(15)16-2)7-12-9-5-3-4-6-9/h3-4,9-10,12H,5-7H2,1-2H3,(H,13,14). The van der Waals surface area contributed by atoms with Crippen LogP contribution in [0.15, 0.2) is 12.2 Å². The Labute approximate surface area is 95.2 Å². The van der Waals surface area contributed by atoms with Gasteiger partial charge >= 0.3 is 5.97 Å². The largest absolute Gasteiger partial charge is 0.467 e. The van der Waals surface area contributed by atoms with Crippen LogP contribution in [0.2, 0.25) is 0 Å². The van der Waals surface area contributed by atoms with Crippen LogP contribution in [0, 0.1) is 0 Å². The molecule has 1 unspecified atom stereocenters. The molecule has 0 aromatic rings. The predicted molar refractivity (Wildman–Crippen MR) is 59.8 cm³/mol. The first-order valence-corrected chi connectivity index (χ1v) is 5.36. The number of amides is 1. The molecule has 1 aliphatic rings. The van der Waals surface area contributed by atoms with Gasteiger partial charge in [-0.2, -0.15) is 0 Å². The second-order valence-electron chi connectivity index (χ2n) is 3.82. The van der Waals surface area contributed by atoms with Crippen molar-refractivity contribution >= 4 is 11.9 Å². The fourth-order valence-electron chi connectivity index (χ4n) is 1.65. The van der Waals surface area contributed by atoms with Gasteiger partial charge in [-0.1, -0.05) is 12.2 Å². The molecule has 0 bridgehead atoms. The monoisotopic (exact) mass is 226 g/mol. The van der Waals surface area contributed by atoms with E-state index in [1.165, 1.54) is 14.0 Å². The van der Waals surface area contributed by atoms with Crippen LogP contribution < -0.4 is 10.6 Å². The average Bonchev–Trinajstić information content (AvgIpc) is 2.75. The summed E-state index contributed by atoms with van der Waals surface area (Å²) in [6.45, 7) is 1.78. The summed E-state index contributed by atoms with van der Waals surface area (Å²) in [6.07, 6.45) is 6.13. The lowest BCUT2D eigenvalue weighted by molar-refractivity contribution is -0.144. The number of methoxy groups -OCH3 is 1. The molecule has 0 aromatic carbocycles. The summed E-state index contributed by atoms with van der Waals surface area (Å²) in [5.74, 6) is -0.657. The zero-order valence-electron chi connectivity index (χ0n) is 9.66. The van der Waals surface area contributed by atoms with E-state index in [2.05, 4.69) is 27.5 Å². The molecule has 90 valence electrons. The van der Waals surface area contributed by atoms with Gasteiger partial charge in [0.1, 0.15) is 6.04 Å². The average molecular weight is 226 g/mol. The van der Waals surface area contributed by atoms with Gasteiger partial charge in [-0.3, -0.25) is 4.79 Å². The van der Waals surface area contributed by atoms with E-state index in [0.29, 0.717) is 12.6 Å². The van der Waals surface area contributed by atoms with Crippen LogP contribution in [0.4, 0.5) is 0 Å².